The summed E-state index contributed by atoms with van der Waals surface area (Å²) in [5.41, 5.74) is 0. The summed E-state index contributed by atoms with van der Waals surface area (Å²) in [5.74, 6) is 0.540. The van der Waals surface area contributed by atoms with Crippen LogP contribution in [0.15, 0.2) is 21.2 Å². The molecule has 0 saturated carbocycles. The van der Waals surface area contributed by atoms with Gasteiger partial charge in [-0.25, -0.2) is 0 Å². The molecule has 0 atom stereocenters. The highest BCUT2D eigenvalue weighted by Gasteiger charge is 2.08. The molecule has 0 aliphatic heterocycles. The molecule has 1 aromatic heterocycles. The molecule has 3 heteroatoms. The van der Waals surface area contributed by atoms with Gasteiger partial charge in [-0.3, -0.25) is 4.79 Å². The lowest BCUT2D eigenvalue weighted by atomic mass is 10.1. The van der Waals surface area contributed by atoms with Gasteiger partial charge in [-0.05, 0) is 34.5 Å². The van der Waals surface area contributed by atoms with Crippen LogP contribution in [0.4, 0.5) is 0 Å². The summed E-state index contributed by atoms with van der Waals surface area (Å²) in [7, 11) is 0. The first-order valence-corrected chi connectivity index (χ1v) is 4.82. The van der Waals surface area contributed by atoms with Crippen molar-refractivity contribution in [3.8, 4) is 0 Å². The molecule has 0 aliphatic rings. The highest BCUT2D eigenvalue weighted by Crippen LogP contribution is 2.16. The predicted molar refractivity (Wildman–Crippen MR) is 50.3 cm³/mol. The van der Waals surface area contributed by atoms with Gasteiger partial charge in [0.15, 0.2) is 16.2 Å². The van der Waals surface area contributed by atoms with E-state index in [0.717, 1.165) is 12.8 Å². The fourth-order valence-corrected chi connectivity index (χ4v) is 1.23. The monoisotopic (exact) mass is 230 g/mol. The zero-order valence-electron chi connectivity index (χ0n) is 6.97. The molecule has 12 heavy (non-hydrogen) atoms. The molecule has 0 aliphatic carbocycles. The van der Waals surface area contributed by atoms with E-state index in [-0.39, 0.29) is 5.78 Å². The Morgan fingerprint density at radius 1 is 1.58 bits per heavy atom. The molecule has 1 aromatic rings. The Bertz CT molecular complexity index is 265. The van der Waals surface area contributed by atoms with Crippen LogP contribution in [0.2, 0.25) is 0 Å². The Labute approximate surface area is 80.1 Å². The molecule has 0 bridgehead atoms. The first-order valence-electron chi connectivity index (χ1n) is 4.02. The van der Waals surface area contributed by atoms with Crippen molar-refractivity contribution in [3.05, 3.63) is 22.6 Å². The van der Waals surface area contributed by atoms with E-state index in [9.17, 15) is 4.79 Å². The Balaban J connectivity index is 2.53. The minimum atomic E-state index is 0.0857. The number of furan rings is 1. The van der Waals surface area contributed by atoms with E-state index in [4.69, 9.17) is 4.42 Å². The van der Waals surface area contributed by atoms with Gasteiger partial charge in [0, 0.05) is 6.42 Å². The topological polar surface area (TPSA) is 30.2 Å². The van der Waals surface area contributed by atoms with Crippen molar-refractivity contribution in [2.45, 2.75) is 26.2 Å². The molecular weight excluding hydrogens is 220 g/mol. The number of Topliss-reactive ketones (excluding diaryl/α,β-unsaturated/α-hetero) is 1. The molecule has 1 heterocycles. The summed E-state index contributed by atoms with van der Waals surface area (Å²) in [4.78, 5) is 11.3. The molecule has 0 N–H and O–H groups in total. The third-order valence-electron chi connectivity index (χ3n) is 1.61. The maximum atomic E-state index is 11.3. The van der Waals surface area contributed by atoms with E-state index in [1.54, 1.807) is 12.1 Å². The fraction of sp³-hybridized carbons (Fsp3) is 0.444. The molecule has 0 fully saturated rings. The Kier molecular flexibility index (Phi) is 3.53. The number of carbonyl (C=O) groups is 1. The van der Waals surface area contributed by atoms with E-state index in [1.165, 1.54) is 0 Å². The number of rotatable bonds is 4. The van der Waals surface area contributed by atoms with Crippen molar-refractivity contribution in [1.82, 2.24) is 0 Å². The van der Waals surface area contributed by atoms with E-state index in [1.807, 2.05) is 0 Å². The highest BCUT2D eigenvalue weighted by molar-refractivity contribution is 9.10. The molecule has 0 spiro atoms. The first-order chi connectivity index (χ1) is 5.74. The Hall–Kier alpha value is -0.570. The van der Waals surface area contributed by atoms with Gasteiger partial charge in [0.05, 0.1) is 0 Å². The van der Waals surface area contributed by atoms with Crippen molar-refractivity contribution < 1.29 is 9.21 Å². The van der Waals surface area contributed by atoms with Gasteiger partial charge < -0.3 is 4.42 Å². The highest BCUT2D eigenvalue weighted by atomic mass is 79.9. The van der Waals surface area contributed by atoms with Crippen LogP contribution in [0.3, 0.4) is 0 Å². The number of carbonyl (C=O) groups excluding carboxylic acids is 1. The van der Waals surface area contributed by atoms with E-state index >= 15 is 0 Å². The van der Waals surface area contributed by atoms with Crippen LogP contribution in [0.5, 0.6) is 0 Å². The van der Waals surface area contributed by atoms with Crippen molar-refractivity contribution in [2.75, 3.05) is 0 Å². The van der Waals surface area contributed by atoms with Crippen LogP contribution < -0.4 is 0 Å². The molecule has 0 amide bonds. The van der Waals surface area contributed by atoms with Crippen molar-refractivity contribution in [3.63, 3.8) is 0 Å². The predicted octanol–water partition coefficient (Wildman–Crippen LogP) is 3.42. The van der Waals surface area contributed by atoms with E-state index < -0.39 is 0 Å². The first kappa shape index (κ1) is 9.52. The average Bonchev–Trinajstić information content (AvgIpc) is 2.47. The van der Waals surface area contributed by atoms with Crippen LogP contribution in [0, 0.1) is 0 Å². The molecule has 1 rings (SSSR count). The molecule has 2 nitrogen and oxygen atoms in total. The minimum Gasteiger partial charge on any atom is -0.446 e. The number of unbranched alkanes of at least 4 members (excludes halogenated alkanes) is 1. The summed E-state index contributed by atoms with van der Waals surface area (Å²) in [6.07, 6.45) is 2.54. The fourth-order valence-electron chi connectivity index (χ4n) is 0.925. The van der Waals surface area contributed by atoms with E-state index in [0.29, 0.717) is 16.9 Å². The van der Waals surface area contributed by atoms with Crippen LogP contribution >= 0.6 is 15.9 Å². The van der Waals surface area contributed by atoms with E-state index in [2.05, 4.69) is 22.9 Å². The largest absolute Gasteiger partial charge is 0.446 e. The normalized spacial score (nSPS) is 10.2. The molecule has 0 radical (unpaired) electrons. The van der Waals surface area contributed by atoms with Crippen molar-refractivity contribution in [2.24, 2.45) is 0 Å². The van der Waals surface area contributed by atoms with Gasteiger partial charge in [0.25, 0.3) is 0 Å². The summed E-state index contributed by atoms with van der Waals surface area (Å²) in [6.45, 7) is 2.06. The summed E-state index contributed by atoms with van der Waals surface area (Å²) >= 11 is 3.15. The lowest BCUT2D eigenvalue weighted by Crippen LogP contribution is -1.95. The van der Waals surface area contributed by atoms with Crippen LogP contribution in [-0.2, 0) is 0 Å². The van der Waals surface area contributed by atoms with Gasteiger partial charge in [-0.15, -0.1) is 0 Å². The Morgan fingerprint density at radius 2 is 2.33 bits per heavy atom. The molecule has 66 valence electrons. The third-order valence-corrected chi connectivity index (χ3v) is 2.03. The SMILES string of the molecule is CCCCC(=O)c1ccc(Br)o1. The summed E-state index contributed by atoms with van der Waals surface area (Å²) < 4.78 is 5.72. The maximum Gasteiger partial charge on any atom is 0.198 e. The number of hydrogen-bond donors (Lipinski definition) is 0. The van der Waals surface area contributed by atoms with Crippen LogP contribution in [0.1, 0.15) is 36.7 Å². The van der Waals surface area contributed by atoms with Crippen molar-refractivity contribution in [1.29, 1.82) is 0 Å². The van der Waals surface area contributed by atoms with Gasteiger partial charge in [-0.1, -0.05) is 13.3 Å². The number of halogens is 1. The second-order valence-electron chi connectivity index (χ2n) is 2.63. The molecule has 0 saturated heterocycles. The second-order valence-corrected chi connectivity index (χ2v) is 3.41. The minimum absolute atomic E-state index is 0.0857. The molecular formula is C9H11BrO2. The lowest BCUT2D eigenvalue weighted by molar-refractivity contribution is 0.0951. The third kappa shape index (κ3) is 2.48. The number of hydrogen-bond acceptors (Lipinski definition) is 2. The average molecular weight is 231 g/mol. The van der Waals surface area contributed by atoms with Gasteiger partial charge in [0.2, 0.25) is 0 Å². The zero-order chi connectivity index (χ0) is 8.97. The van der Waals surface area contributed by atoms with Crippen molar-refractivity contribution >= 4 is 21.7 Å². The quantitative estimate of drug-likeness (QED) is 0.743. The van der Waals surface area contributed by atoms with Gasteiger partial charge in [-0.2, -0.15) is 0 Å². The van der Waals surface area contributed by atoms with Crippen LogP contribution in [-0.4, -0.2) is 5.78 Å². The number of ketones is 1. The molecule has 0 aromatic carbocycles. The Morgan fingerprint density at radius 3 is 2.83 bits per heavy atom. The summed E-state index contributed by atoms with van der Waals surface area (Å²) in [5, 5.41) is 0. The standard InChI is InChI=1S/C9H11BrO2/c1-2-3-4-7(11)8-5-6-9(10)12-8/h5-6H,2-4H2,1H3. The molecule has 0 unspecified atom stereocenters. The van der Waals surface area contributed by atoms with Gasteiger partial charge in [0.1, 0.15) is 0 Å². The zero-order valence-corrected chi connectivity index (χ0v) is 8.56. The van der Waals surface area contributed by atoms with Gasteiger partial charge >= 0.3 is 0 Å². The van der Waals surface area contributed by atoms with Crippen LogP contribution in [0.25, 0.3) is 0 Å². The smallest absolute Gasteiger partial charge is 0.198 e. The lowest BCUT2D eigenvalue weighted by Gasteiger charge is -1.93. The summed E-state index contributed by atoms with van der Waals surface area (Å²) in [6, 6.07) is 3.43. The second kappa shape index (κ2) is 4.45. The maximum absolute atomic E-state index is 11.3.